The number of benzene rings is 1. The van der Waals surface area contributed by atoms with Crippen LogP contribution >= 0.6 is 24.0 Å². The van der Waals surface area contributed by atoms with Crippen LogP contribution in [0, 0.1) is 0 Å². The van der Waals surface area contributed by atoms with Crippen molar-refractivity contribution < 1.29 is 4.74 Å². The smallest absolute Gasteiger partial charge is 0.191 e. The molecule has 0 radical (unpaired) electrons. The topological polar surface area (TPSA) is 48.9 Å². The maximum absolute atomic E-state index is 5.42. The number of nitrogens with zero attached hydrogens (tertiary/aromatic N) is 2. The van der Waals surface area contributed by atoms with Gasteiger partial charge in [-0.25, -0.2) is 4.99 Å². The number of rotatable bonds is 8. The lowest BCUT2D eigenvalue weighted by atomic mass is 10.1. The Hall–Kier alpha value is -0.860. The second-order valence-corrected chi connectivity index (χ2v) is 6.57. The van der Waals surface area contributed by atoms with Crippen molar-refractivity contribution in [2.24, 2.45) is 4.99 Å². The van der Waals surface area contributed by atoms with E-state index in [1.54, 1.807) is 7.11 Å². The molecule has 0 spiro atoms. The lowest BCUT2D eigenvalue weighted by Gasteiger charge is -2.24. The number of nitrogens with one attached hydrogen (secondary N) is 2. The molecule has 138 valence electrons. The van der Waals surface area contributed by atoms with Crippen LogP contribution in [0.2, 0.25) is 0 Å². The fourth-order valence-corrected chi connectivity index (χ4v) is 2.00. The summed E-state index contributed by atoms with van der Waals surface area (Å²) in [5.41, 5.74) is 2.30. The van der Waals surface area contributed by atoms with Crippen molar-refractivity contribution in [2.45, 2.75) is 39.5 Å². The number of guanidine groups is 1. The third kappa shape index (κ3) is 9.44. The fourth-order valence-electron chi connectivity index (χ4n) is 2.00. The Kier molecular flexibility index (Phi) is 11.2. The molecule has 0 aliphatic rings. The molecule has 0 heterocycles. The van der Waals surface area contributed by atoms with E-state index in [1.165, 1.54) is 11.1 Å². The molecule has 0 atom stereocenters. The first-order chi connectivity index (χ1) is 10.9. The van der Waals surface area contributed by atoms with Gasteiger partial charge in [-0.15, -0.1) is 24.0 Å². The monoisotopic (exact) mass is 448 g/mol. The molecule has 24 heavy (non-hydrogen) atoms. The summed E-state index contributed by atoms with van der Waals surface area (Å²) in [5.74, 6) is 0.815. The van der Waals surface area contributed by atoms with Crippen molar-refractivity contribution in [3.05, 3.63) is 35.4 Å². The Balaban J connectivity index is 0.00000529. The molecule has 0 bridgehead atoms. The van der Waals surface area contributed by atoms with Gasteiger partial charge in [-0.3, -0.25) is 0 Å². The van der Waals surface area contributed by atoms with E-state index >= 15 is 0 Å². The van der Waals surface area contributed by atoms with Crippen molar-refractivity contribution in [1.29, 1.82) is 0 Å². The van der Waals surface area contributed by atoms with E-state index in [2.05, 4.69) is 65.8 Å². The highest BCUT2D eigenvalue weighted by Crippen LogP contribution is 2.08. The number of methoxy groups -OCH3 is 1. The van der Waals surface area contributed by atoms with E-state index in [4.69, 9.17) is 4.74 Å². The maximum Gasteiger partial charge on any atom is 0.191 e. The summed E-state index contributed by atoms with van der Waals surface area (Å²) in [7, 11) is 5.88. The average molecular weight is 448 g/mol. The largest absolute Gasteiger partial charge is 0.377 e. The van der Waals surface area contributed by atoms with Gasteiger partial charge in [0, 0.05) is 26.7 Å². The highest BCUT2D eigenvalue weighted by Gasteiger charge is 2.16. The summed E-state index contributed by atoms with van der Waals surface area (Å²) in [6.07, 6.45) is 0. The minimum absolute atomic E-state index is 0. The zero-order chi connectivity index (χ0) is 17.3. The Bertz CT molecular complexity index is 486. The van der Waals surface area contributed by atoms with Crippen LogP contribution in [-0.4, -0.2) is 50.8 Å². The summed E-state index contributed by atoms with van der Waals surface area (Å²) >= 11 is 0. The molecule has 0 aromatic heterocycles. The van der Waals surface area contributed by atoms with Crippen LogP contribution in [0.15, 0.2) is 29.3 Å². The summed E-state index contributed by atoms with van der Waals surface area (Å²) in [4.78, 5) is 6.80. The highest BCUT2D eigenvalue weighted by molar-refractivity contribution is 14.0. The SMILES string of the molecule is CCNC(=NCc1ccc(CN(C)C)cc1)NCC(C)(C)OC.I. The summed E-state index contributed by atoms with van der Waals surface area (Å²) in [5, 5.41) is 6.59. The van der Waals surface area contributed by atoms with Crippen molar-refractivity contribution in [1.82, 2.24) is 15.5 Å². The summed E-state index contributed by atoms with van der Waals surface area (Å²) < 4.78 is 5.42. The molecule has 1 rings (SSSR count). The molecule has 0 unspecified atom stereocenters. The molecule has 0 fully saturated rings. The van der Waals surface area contributed by atoms with E-state index in [-0.39, 0.29) is 29.6 Å². The van der Waals surface area contributed by atoms with Gasteiger partial charge in [0.15, 0.2) is 5.96 Å². The molecule has 5 nitrogen and oxygen atoms in total. The van der Waals surface area contributed by atoms with E-state index < -0.39 is 0 Å². The van der Waals surface area contributed by atoms with E-state index in [0.29, 0.717) is 13.1 Å². The molecular weight excluding hydrogens is 415 g/mol. The van der Waals surface area contributed by atoms with Gasteiger partial charge in [-0.2, -0.15) is 0 Å². The number of hydrogen-bond donors (Lipinski definition) is 2. The normalized spacial score (nSPS) is 12.0. The molecule has 1 aromatic rings. The van der Waals surface area contributed by atoms with Crippen molar-refractivity contribution in [3.63, 3.8) is 0 Å². The third-order valence-electron chi connectivity index (χ3n) is 3.52. The maximum atomic E-state index is 5.42. The Morgan fingerprint density at radius 3 is 2.21 bits per heavy atom. The molecule has 0 amide bonds. The first-order valence-electron chi connectivity index (χ1n) is 8.16. The van der Waals surface area contributed by atoms with Crippen LogP contribution in [0.3, 0.4) is 0 Å². The predicted molar refractivity (Wildman–Crippen MR) is 113 cm³/mol. The van der Waals surface area contributed by atoms with Gasteiger partial charge in [0.1, 0.15) is 0 Å². The van der Waals surface area contributed by atoms with Gasteiger partial charge in [0.05, 0.1) is 12.1 Å². The summed E-state index contributed by atoms with van der Waals surface area (Å²) in [6, 6.07) is 8.62. The number of ether oxygens (including phenoxy) is 1. The first-order valence-corrected chi connectivity index (χ1v) is 8.16. The zero-order valence-corrected chi connectivity index (χ0v) is 18.2. The van der Waals surface area contributed by atoms with E-state index in [1.807, 2.05) is 13.8 Å². The summed E-state index contributed by atoms with van der Waals surface area (Å²) in [6.45, 7) is 9.32. The molecule has 0 aliphatic carbocycles. The van der Waals surface area contributed by atoms with Crippen LogP contribution < -0.4 is 10.6 Å². The van der Waals surface area contributed by atoms with Crippen LogP contribution in [0.25, 0.3) is 0 Å². The zero-order valence-electron chi connectivity index (χ0n) is 15.8. The molecule has 0 saturated heterocycles. The van der Waals surface area contributed by atoms with Crippen molar-refractivity contribution in [2.75, 3.05) is 34.3 Å². The minimum Gasteiger partial charge on any atom is -0.377 e. The van der Waals surface area contributed by atoms with E-state index in [9.17, 15) is 0 Å². The minimum atomic E-state index is -0.218. The van der Waals surface area contributed by atoms with Crippen LogP contribution in [-0.2, 0) is 17.8 Å². The molecule has 2 N–H and O–H groups in total. The van der Waals surface area contributed by atoms with Gasteiger partial charge in [-0.1, -0.05) is 24.3 Å². The van der Waals surface area contributed by atoms with Crippen molar-refractivity contribution in [3.8, 4) is 0 Å². The number of halogens is 1. The molecule has 6 heteroatoms. The second kappa shape index (κ2) is 11.7. The molecule has 0 saturated carbocycles. The average Bonchev–Trinajstić information content (AvgIpc) is 2.51. The molecule has 0 aliphatic heterocycles. The lowest BCUT2D eigenvalue weighted by molar-refractivity contribution is 0.0268. The van der Waals surface area contributed by atoms with Crippen LogP contribution in [0.1, 0.15) is 31.9 Å². The van der Waals surface area contributed by atoms with Gasteiger partial charge in [0.25, 0.3) is 0 Å². The third-order valence-corrected chi connectivity index (χ3v) is 3.52. The van der Waals surface area contributed by atoms with Crippen molar-refractivity contribution >= 4 is 29.9 Å². The van der Waals surface area contributed by atoms with Gasteiger partial charge in [-0.05, 0) is 46.0 Å². The standard InChI is InChI=1S/C18H32N4O.HI/c1-7-19-17(21-14-18(2,3)23-6)20-12-15-8-10-16(11-9-15)13-22(4)5;/h8-11H,7,12-14H2,1-6H3,(H2,19,20,21);1H. The number of aliphatic imine (C=N–C) groups is 1. The molecule has 1 aromatic carbocycles. The van der Waals surface area contributed by atoms with Gasteiger partial charge in [0.2, 0.25) is 0 Å². The van der Waals surface area contributed by atoms with Gasteiger partial charge >= 0.3 is 0 Å². The lowest BCUT2D eigenvalue weighted by Crippen LogP contribution is -2.45. The Labute approximate surface area is 164 Å². The quantitative estimate of drug-likeness (QED) is 0.365. The number of hydrogen-bond acceptors (Lipinski definition) is 3. The molecular formula is C18H33IN4O. The van der Waals surface area contributed by atoms with Crippen LogP contribution in [0.4, 0.5) is 0 Å². The fraction of sp³-hybridized carbons (Fsp3) is 0.611. The Morgan fingerprint density at radius 2 is 1.71 bits per heavy atom. The first kappa shape index (κ1) is 23.1. The van der Waals surface area contributed by atoms with E-state index in [0.717, 1.165) is 19.0 Å². The van der Waals surface area contributed by atoms with Gasteiger partial charge < -0.3 is 20.3 Å². The van der Waals surface area contributed by atoms with Crippen LogP contribution in [0.5, 0.6) is 0 Å². The predicted octanol–water partition coefficient (Wildman–Crippen LogP) is 2.85. The Morgan fingerprint density at radius 1 is 1.12 bits per heavy atom. The highest BCUT2D eigenvalue weighted by atomic mass is 127. The second-order valence-electron chi connectivity index (χ2n) is 6.57.